The lowest BCUT2D eigenvalue weighted by Crippen LogP contribution is -2.66. The van der Waals surface area contributed by atoms with Gasteiger partial charge in [0.15, 0.2) is 12.4 Å². The molecule has 0 aromatic rings. The highest BCUT2D eigenvalue weighted by atomic mass is 16.7. The fourth-order valence-electron chi connectivity index (χ4n) is 11.7. The Morgan fingerprint density at radius 2 is 1.58 bits per heavy atom. The van der Waals surface area contributed by atoms with Crippen LogP contribution in [-0.4, -0.2) is 69.0 Å². The summed E-state index contributed by atoms with van der Waals surface area (Å²) in [5.74, 6) is 0.343. The van der Waals surface area contributed by atoms with E-state index in [0.717, 1.165) is 44.9 Å². The van der Waals surface area contributed by atoms with Gasteiger partial charge in [0.25, 0.3) is 0 Å². The number of carbonyl (C=O) groups excluding carboxylic acids is 1. The Hall–Kier alpha value is -1.32. The van der Waals surface area contributed by atoms with Crippen LogP contribution in [0.5, 0.6) is 0 Å². The van der Waals surface area contributed by atoms with Crippen molar-refractivity contribution in [3.63, 3.8) is 0 Å². The number of allylic oxidation sites excluding steroid dienone is 2. The van der Waals surface area contributed by atoms with Crippen molar-refractivity contribution in [3.05, 3.63) is 11.6 Å². The zero-order valence-electron chi connectivity index (χ0n) is 27.1. The lowest BCUT2D eigenvalue weighted by atomic mass is 9.34. The maximum Gasteiger partial charge on any atom is 0.335 e. The van der Waals surface area contributed by atoms with Crippen molar-refractivity contribution in [1.82, 2.24) is 0 Å². The first kappa shape index (κ1) is 31.7. The van der Waals surface area contributed by atoms with E-state index in [1.165, 1.54) is 0 Å². The number of hydrogen-bond acceptors (Lipinski definition) is 7. The molecule has 6 aliphatic rings. The van der Waals surface area contributed by atoms with E-state index in [0.29, 0.717) is 36.4 Å². The van der Waals surface area contributed by atoms with Gasteiger partial charge in [-0.1, -0.05) is 60.1 Å². The van der Waals surface area contributed by atoms with Crippen LogP contribution in [0.15, 0.2) is 11.6 Å². The molecule has 242 valence electrons. The van der Waals surface area contributed by atoms with E-state index < -0.39 is 36.7 Å². The van der Waals surface area contributed by atoms with E-state index in [2.05, 4.69) is 54.5 Å². The normalized spacial score (nSPS) is 52.1. The number of carboxylic acids is 1. The SMILES string of the molecule is CC1(C)CC[C@@H]2C(=O)C[C@]3(C)C(=CC[C@@H]4[C@@]5(C)CC[C@H](O[C@@H]6O[C@H](C(=O)O)[C@@H](O)[C@H](O)[C@H]6O)C(C)(C)[C@@H]5CC[C@]43C)[C@@H]2C1. The van der Waals surface area contributed by atoms with Gasteiger partial charge in [-0.2, -0.15) is 0 Å². The minimum absolute atomic E-state index is 0.00591. The number of carboxylic acid groups (broad SMARTS) is 1. The molecule has 6 rings (SSSR count). The molecule has 8 nitrogen and oxygen atoms in total. The number of aliphatic hydroxyl groups excluding tert-OH is 3. The number of carbonyl (C=O) groups is 2. The standard InChI is InChI=1S/C35H54O8/c1-31(2)13-10-18-19(16-31)20-8-9-23-33(5)14-12-24(42-30-27(39)25(37)26(38)28(43-30)29(40)41)32(3,4)22(33)11-15-34(23,6)35(20,7)17-21(18)36/h8,18-19,22-28,30,37-39H,9-17H2,1-7H3,(H,40,41)/t18-,19+,22-,23+,24-,25-,26-,27+,28-,30+,33-,34+,35+/m0/s1. The Balaban J connectivity index is 1.28. The minimum Gasteiger partial charge on any atom is -0.479 e. The average molecular weight is 603 g/mol. The van der Waals surface area contributed by atoms with Crippen LogP contribution in [0.2, 0.25) is 0 Å². The second-order valence-corrected chi connectivity index (χ2v) is 17.3. The summed E-state index contributed by atoms with van der Waals surface area (Å²) in [5.41, 5.74) is 1.39. The van der Waals surface area contributed by atoms with Crippen molar-refractivity contribution < 1.29 is 39.5 Å². The van der Waals surface area contributed by atoms with Crippen molar-refractivity contribution in [2.24, 2.45) is 50.7 Å². The Kier molecular flexibility index (Phi) is 7.43. The molecule has 8 heteroatoms. The number of rotatable bonds is 3. The lowest BCUT2D eigenvalue weighted by molar-refractivity contribution is -0.323. The van der Waals surface area contributed by atoms with Crippen molar-refractivity contribution in [2.45, 2.75) is 143 Å². The molecule has 13 atom stereocenters. The molecule has 0 unspecified atom stereocenters. The Morgan fingerprint density at radius 1 is 0.884 bits per heavy atom. The van der Waals surface area contributed by atoms with Gasteiger partial charge in [-0.05, 0) is 90.8 Å². The van der Waals surface area contributed by atoms with Gasteiger partial charge < -0.3 is 29.9 Å². The van der Waals surface area contributed by atoms with Gasteiger partial charge >= 0.3 is 5.97 Å². The number of ketones is 1. The topological polar surface area (TPSA) is 134 Å². The molecule has 0 spiro atoms. The number of aliphatic carboxylic acids is 1. The molecule has 1 aliphatic heterocycles. The zero-order chi connectivity index (χ0) is 31.5. The molecule has 1 saturated heterocycles. The summed E-state index contributed by atoms with van der Waals surface area (Å²) in [5, 5.41) is 40.7. The summed E-state index contributed by atoms with van der Waals surface area (Å²) in [7, 11) is 0. The molecule has 0 aromatic heterocycles. The first-order valence-corrected chi connectivity index (χ1v) is 16.7. The molecule has 43 heavy (non-hydrogen) atoms. The molecular formula is C35H54O8. The molecule has 4 saturated carbocycles. The Bertz CT molecular complexity index is 1190. The van der Waals surface area contributed by atoms with Gasteiger partial charge in [0.05, 0.1) is 6.10 Å². The fraction of sp³-hybridized carbons (Fsp3) is 0.886. The van der Waals surface area contributed by atoms with Gasteiger partial charge in [-0.25, -0.2) is 4.79 Å². The molecule has 0 bridgehead atoms. The Labute approximate surface area is 256 Å². The smallest absolute Gasteiger partial charge is 0.335 e. The average Bonchev–Trinajstić information content (AvgIpc) is 2.90. The van der Waals surface area contributed by atoms with Crippen molar-refractivity contribution in [1.29, 1.82) is 0 Å². The molecule has 5 aliphatic carbocycles. The van der Waals surface area contributed by atoms with Crippen LogP contribution in [-0.2, 0) is 19.1 Å². The number of Topliss-reactive ketones (excluding diaryl/α,β-unsaturated/α-hetero) is 1. The summed E-state index contributed by atoms with van der Waals surface area (Å²) >= 11 is 0. The van der Waals surface area contributed by atoms with Crippen molar-refractivity contribution >= 4 is 11.8 Å². The highest BCUT2D eigenvalue weighted by molar-refractivity contribution is 5.85. The van der Waals surface area contributed by atoms with Crippen LogP contribution < -0.4 is 0 Å². The molecule has 0 amide bonds. The molecular weight excluding hydrogens is 548 g/mol. The van der Waals surface area contributed by atoms with Crippen LogP contribution in [0.3, 0.4) is 0 Å². The third-order valence-corrected chi connectivity index (χ3v) is 14.3. The zero-order valence-corrected chi connectivity index (χ0v) is 27.1. The number of hydrogen-bond donors (Lipinski definition) is 4. The first-order valence-electron chi connectivity index (χ1n) is 16.7. The maximum atomic E-state index is 13.8. The van der Waals surface area contributed by atoms with E-state index in [1.807, 2.05) is 0 Å². The van der Waals surface area contributed by atoms with Gasteiger partial charge in [-0.3, -0.25) is 4.79 Å². The molecule has 0 aromatic carbocycles. The van der Waals surface area contributed by atoms with Crippen LogP contribution >= 0.6 is 0 Å². The maximum absolute atomic E-state index is 13.8. The summed E-state index contributed by atoms with van der Waals surface area (Å²) in [4.78, 5) is 25.5. The lowest BCUT2D eigenvalue weighted by Gasteiger charge is -2.70. The van der Waals surface area contributed by atoms with Crippen molar-refractivity contribution in [3.8, 4) is 0 Å². The number of aliphatic hydroxyl groups is 3. The van der Waals surface area contributed by atoms with Crippen LogP contribution in [0.25, 0.3) is 0 Å². The summed E-state index contributed by atoms with van der Waals surface area (Å²) in [6.07, 6.45) is 2.83. The van der Waals surface area contributed by atoms with Crippen LogP contribution in [0, 0.1) is 50.7 Å². The summed E-state index contributed by atoms with van der Waals surface area (Å²) < 4.78 is 11.9. The van der Waals surface area contributed by atoms with Crippen molar-refractivity contribution in [2.75, 3.05) is 0 Å². The van der Waals surface area contributed by atoms with Crippen LogP contribution in [0.1, 0.15) is 106 Å². The molecule has 1 heterocycles. The molecule has 5 fully saturated rings. The quantitative estimate of drug-likeness (QED) is 0.266. The largest absolute Gasteiger partial charge is 0.479 e. The monoisotopic (exact) mass is 602 g/mol. The fourth-order valence-corrected chi connectivity index (χ4v) is 11.7. The molecule has 0 radical (unpaired) electrons. The summed E-state index contributed by atoms with van der Waals surface area (Å²) in [6, 6.07) is 0. The van der Waals surface area contributed by atoms with E-state index in [-0.39, 0.29) is 39.1 Å². The van der Waals surface area contributed by atoms with E-state index >= 15 is 0 Å². The summed E-state index contributed by atoms with van der Waals surface area (Å²) in [6.45, 7) is 16.5. The third-order valence-electron chi connectivity index (χ3n) is 14.3. The minimum atomic E-state index is -1.74. The predicted octanol–water partition coefficient (Wildman–Crippen LogP) is 4.87. The second kappa shape index (κ2) is 10.1. The van der Waals surface area contributed by atoms with E-state index in [1.54, 1.807) is 5.57 Å². The van der Waals surface area contributed by atoms with Gasteiger partial charge in [0, 0.05) is 17.8 Å². The van der Waals surface area contributed by atoms with Gasteiger partial charge in [0.2, 0.25) is 0 Å². The predicted molar refractivity (Wildman–Crippen MR) is 160 cm³/mol. The highest BCUT2D eigenvalue weighted by Crippen LogP contribution is 2.74. The highest BCUT2D eigenvalue weighted by Gasteiger charge is 2.68. The molecule has 4 N–H and O–H groups in total. The van der Waals surface area contributed by atoms with E-state index in [4.69, 9.17) is 9.47 Å². The number of ether oxygens (including phenoxy) is 2. The van der Waals surface area contributed by atoms with Gasteiger partial charge in [0.1, 0.15) is 24.1 Å². The van der Waals surface area contributed by atoms with Gasteiger partial charge in [-0.15, -0.1) is 0 Å². The van der Waals surface area contributed by atoms with Crippen LogP contribution in [0.4, 0.5) is 0 Å². The Morgan fingerprint density at radius 3 is 2.26 bits per heavy atom. The third kappa shape index (κ3) is 4.47. The number of fused-ring (bicyclic) bond motifs is 7. The first-order chi connectivity index (χ1) is 19.9. The van der Waals surface area contributed by atoms with E-state index in [9.17, 15) is 30.0 Å². The second-order valence-electron chi connectivity index (χ2n) is 17.3.